The van der Waals surface area contributed by atoms with E-state index in [9.17, 15) is 14.4 Å². The highest BCUT2D eigenvalue weighted by molar-refractivity contribution is 6.21. The SMILES string of the molecule is COc1ccc2nccc(N3CCN(CCN4C(=O)c5ccccc5C4=O)C(=O)C3)c2n1. The number of amides is 3. The number of hydrogen-bond acceptors (Lipinski definition) is 7. The minimum Gasteiger partial charge on any atom is -0.481 e. The molecule has 9 heteroatoms. The summed E-state index contributed by atoms with van der Waals surface area (Å²) in [7, 11) is 1.56. The molecule has 0 aliphatic carbocycles. The van der Waals surface area contributed by atoms with Gasteiger partial charge < -0.3 is 14.5 Å². The highest BCUT2D eigenvalue weighted by atomic mass is 16.5. The molecule has 1 saturated heterocycles. The number of piperazine rings is 1. The molecule has 32 heavy (non-hydrogen) atoms. The van der Waals surface area contributed by atoms with E-state index in [1.54, 1.807) is 48.5 Å². The molecule has 0 bridgehead atoms. The number of aromatic nitrogens is 2. The number of anilines is 1. The fourth-order valence-electron chi connectivity index (χ4n) is 4.18. The molecule has 0 unspecified atom stereocenters. The predicted octanol–water partition coefficient (Wildman–Crippen LogP) is 1.58. The number of carbonyl (C=O) groups excluding carboxylic acids is 3. The summed E-state index contributed by atoms with van der Waals surface area (Å²) >= 11 is 0. The molecular weight excluding hydrogens is 410 g/mol. The topological polar surface area (TPSA) is 95.9 Å². The molecule has 0 atom stereocenters. The van der Waals surface area contributed by atoms with Crippen LogP contribution in [0.25, 0.3) is 11.0 Å². The number of carbonyl (C=O) groups is 3. The van der Waals surface area contributed by atoms with Gasteiger partial charge in [-0.25, -0.2) is 4.98 Å². The quantitative estimate of drug-likeness (QED) is 0.566. The second-order valence-corrected chi connectivity index (χ2v) is 7.66. The maximum absolute atomic E-state index is 12.9. The Morgan fingerprint density at radius 1 is 0.938 bits per heavy atom. The lowest BCUT2D eigenvalue weighted by Gasteiger charge is -2.36. The van der Waals surface area contributed by atoms with E-state index >= 15 is 0 Å². The molecule has 3 aromatic rings. The Bertz CT molecular complexity index is 1210. The summed E-state index contributed by atoms with van der Waals surface area (Å²) in [6.45, 7) is 1.75. The van der Waals surface area contributed by atoms with E-state index in [0.29, 0.717) is 42.2 Å². The van der Waals surface area contributed by atoms with Gasteiger partial charge in [0, 0.05) is 38.4 Å². The maximum atomic E-state index is 12.9. The third-order valence-electron chi connectivity index (χ3n) is 5.88. The van der Waals surface area contributed by atoms with E-state index in [1.807, 2.05) is 17.0 Å². The van der Waals surface area contributed by atoms with Gasteiger partial charge in [0.25, 0.3) is 11.8 Å². The van der Waals surface area contributed by atoms with Crippen LogP contribution in [0.15, 0.2) is 48.7 Å². The van der Waals surface area contributed by atoms with Crippen molar-refractivity contribution in [2.75, 3.05) is 44.7 Å². The fraction of sp³-hybridized carbons (Fsp3) is 0.261. The zero-order chi connectivity index (χ0) is 22.2. The minimum atomic E-state index is -0.306. The molecule has 162 valence electrons. The van der Waals surface area contributed by atoms with Crippen LogP contribution in [0.4, 0.5) is 5.69 Å². The number of ether oxygens (including phenoxy) is 1. The summed E-state index contributed by atoms with van der Waals surface area (Å²) in [5.74, 6) is -0.196. The Labute approximate surface area is 184 Å². The van der Waals surface area contributed by atoms with Crippen LogP contribution in [-0.4, -0.2) is 77.3 Å². The fourth-order valence-corrected chi connectivity index (χ4v) is 4.18. The number of hydrogen-bond donors (Lipinski definition) is 0. The van der Waals surface area contributed by atoms with Crippen molar-refractivity contribution in [3.63, 3.8) is 0 Å². The van der Waals surface area contributed by atoms with Crippen molar-refractivity contribution in [2.45, 2.75) is 0 Å². The van der Waals surface area contributed by atoms with Crippen LogP contribution in [0.3, 0.4) is 0 Å². The van der Waals surface area contributed by atoms with E-state index in [4.69, 9.17) is 4.74 Å². The third kappa shape index (κ3) is 3.31. The van der Waals surface area contributed by atoms with Crippen LogP contribution in [0, 0.1) is 0 Å². The van der Waals surface area contributed by atoms with Gasteiger partial charge in [-0.2, -0.15) is 0 Å². The number of nitrogens with zero attached hydrogens (tertiary/aromatic N) is 5. The smallest absolute Gasteiger partial charge is 0.261 e. The largest absolute Gasteiger partial charge is 0.481 e. The van der Waals surface area contributed by atoms with E-state index in [-0.39, 0.29) is 30.8 Å². The minimum absolute atomic E-state index is 0.0688. The molecule has 0 N–H and O–H groups in total. The summed E-state index contributed by atoms with van der Waals surface area (Å²) in [6.07, 6.45) is 1.70. The zero-order valence-electron chi connectivity index (χ0n) is 17.5. The molecule has 9 nitrogen and oxygen atoms in total. The van der Waals surface area contributed by atoms with E-state index < -0.39 is 0 Å². The van der Waals surface area contributed by atoms with E-state index in [1.165, 1.54) is 4.90 Å². The van der Waals surface area contributed by atoms with Crippen molar-refractivity contribution < 1.29 is 19.1 Å². The molecule has 3 amide bonds. The first kappa shape index (κ1) is 19.9. The van der Waals surface area contributed by atoms with Gasteiger partial charge >= 0.3 is 0 Å². The molecule has 2 aromatic heterocycles. The molecule has 1 fully saturated rings. The second-order valence-electron chi connectivity index (χ2n) is 7.66. The number of imide groups is 1. The van der Waals surface area contributed by atoms with Gasteiger partial charge in [0.1, 0.15) is 5.52 Å². The van der Waals surface area contributed by atoms with Crippen LogP contribution in [0.2, 0.25) is 0 Å². The summed E-state index contributed by atoms with van der Waals surface area (Å²) in [5, 5.41) is 0. The number of fused-ring (bicyclic) bond motifs is 2. The van der Waals surface area contributed by atoms with Crippen LogP contribution in [0.1, 0.15) is 20.7 Å². The summed E-state index contributed by atoms with van der Waals surface area (Å²) in [4.78, 5) is 51.7. The Morgan fingerprint density at radius 3 is 2.38 bits per heavy atom. The van der Waals surface area contributed by atoms with Gasteiger partial charge in [0.2, 0.25) is 11.8 Å². The number of benzene rings is 1. The lowest BCUT2D eigenvalue weighted by atomic mass is 10.1. The molecular formula is C23H21N5O4. The lowest BCUT2D eigenvalue weighted by Crippen LogP contribution is -2.52. The third-order valence-corrected chi connectivity index (χ3v) is 5.88. The Kier molecular flexibility index (Phi) is 4.93. The standard InChI is InChI=1S/C23H21N5O4/c1-32-19-7-6-17-21(25-19)18(8-9-24-17)27-11-10-26(20(29)14-27)12-13-28-22(30)15-4-2-3-5-16(15)23(28)31/h2-9H,10-14H2,1H3. The summed E-state index contributed by atoms with van der Waals surface area (Å²) in [6, 6.07) is 12.2. The van der Waals surface area contributed by atoms with Gasteiger partial charge in [-0.1, -0.05) is 12.1 Å². The summed E-state index contributed by atoms with van der Waals surface area (Å²) in [5.41, 5.74) is 3.06. The average Bonchev–Trinajstić information content (AvgIpc) is 3.07. The molecule has 0 radical (unpaired) electrons. The summed E-state index contributed by atoms with van der Waals surface area (Å²) < 4.78 is 5.23. The van der Waals surface area contributed by atoms with Gasteiger partial charge in [-0.15, -0.1) is 0 Å². The second kappa shape index (κ2) is 7.92. The molecule has 1 aromatic carbocycles. The number of rotatable bonds is 5. The molecule has 4 heterocycles. The average molecular weight is 431 g/mol. The Morgan fingerprint density at radius 2 is 1.69 bits per heavy atom. The molecule has 5 rings (SSSR count). The predicted molar refractivity (Wildman–Crippen MR) is 117 cm³/mol. The van der Waals surface area contributed by atoms with Crippen LogP contribution >= 0.6 is 0 Å². The van der Waals surface area contributed by atoms with E-state index in [2.05, 4.69) is 9.97 Å². The normalized spacial score (nSPS) is 16.2. The molecule has 2 aliphatic rings. The monoisotopic (exact) mass is 431 g/mol. The van der Waals surface area contributed by atoms with Gasteiger partial charge in [0.15, 0.2) is 0 Å². The Hall–Kier alpha value is -4.01. The van der Waals surface area contributed by atoms with Gasteiger partial charge in [-0.3, -0.25) is 24.3 Å². The lowest BCUT2D eigenvalue weighted by molar-refractivity contribution is -0.131. The van der Waals surface area contributed by atoms with Crippen LogP contribution in [-0.2, 0) is 4.79 Å². The first-order valence-electron chi connectivity index (χ1n) is 10.3. The number of methoxy groups -OCH3 is 1. The van der Waals surface area contributed by atoms with Crippen molar-refractivity contribution in [1.29, 1.82) is 0 Å². The molecule has 0 saturated carbocycles. The van der Waals surface area contributed by atoms with Gasteiger partial charge in [-0.05, 0) is 24.3 Å². The highest BCUT2D eigenvalue weighted by Crippen LogP contribution is 2.27. The molecule has 2 aliphatic heterocycles. The van der Waals surface area contributed by atoms with Gasteiger partial charge in [0.05, 0.1) is 36.0 Å². The van der Waals surface area contributed by atoms with Crippen LogP contribution < -0.4 is 9.64 Å². The molecule has 0 spiro atoms. The zero-order valence-corrected chi connectivity index (χ0v) is 17.5. The van der Waals surface area contributed by atoms with Crippen molar-refractivity contribution >= 4 is 34.4 Å². The first-order valence-corrected chi connectivity index (χ1v) is 10.3. The van der Waals surface area contributed by atoms with Crippen molar-refractivity contribution in [2.24, 2.45) is 0 Å². The van der Waals surface area contributed by atoms with Crippen LogP contribution in [0.5, 0.6) is 5.88 Å². The van der Waals surface area contributed by atoms with E-state index in [0.717, 1.165) is 11.2 Å². The Balaban J connectivity index is 1.27. The van der Waals surface area contributed by atoms with Crippen molar-refractivity contribution in [3.8, 4) is 5.88 Å². The van der Waals surface area contributed by atoms with Crippen molar-refractivity contribution in [3.05, 3.63) is 59.8 Å². The van der Waals surface area contributed by atoms with Crippen molar-refractivity contribution in [1.82, 2.24) is 19.8 Å². The maximum Gasteiger partial charge on any atom is 0.261 e. The number of pyridine rings is 2. The highest BCUT2D eigenvalue weighted by Gasteiger charge is 2.35. The first-order chi connectivity index (χ1) is 15.6.